The number of aromatic nitrogens is 2. The molecule has 6 nitrogen and oxygen atoms in total. The number of hydrogen-bond donors (Lipinski definition) is 1. The number of aryl methyl sites for hydroxylation is 1. The van der Waals surface area contributed by atoms with Gasteiger partial charge in [0.15, 0.2) is 5.82 Å². The number of hydrogen-bond acceptors (Lipinski definition) is 5. The van der Waals surface area contributed by atoms with E-state index in [2.05, 4.69) is 15.0 Å². The fraction of sp³-hybridized carbons (Fsp3) is 0.357. The van der Waals surface area contributed by atoms with Crippen molar-refractivity contribution in [3.63, 3.8) is 0 Å². The zero-order valence-electron chi connectivity index (χ0n) is 11.2. The van der Waals surface area contributed by atoms with Crippen LogP contribution in [0.4, 0.5) is 0 Å². The van der Waals surface area contributed by atoms with Gasteiger partial charge in [0, 0.05) is 19.5 Å². The van der Waals surface area contributed by atoms with Crippen LogP contribution >= 0.6 is 0 Å². The van der Waals surface area contributed by atoms with E-state index < -0.39 is 5.97 Å². The van der Waals surface area contributed by atoms with Crippen LogP contribution in [0, 0.1) is 0 Å². The Morgan fingerprint density at radius 1 is 1.40 bits per heavy atom. The van der Waals surface area contributed by atoms with Gasteiger partial charge >= 0.3 is 5.97 Å². The van der Waals surface area contributed by atoms with Crippen LogP contribution in [0.25, 0.3) is 0 Å². The van der Waals surface area contributed by atoms with E-state index >= 15 is 0 Å². The van der Waals surface area contributed by atoms with Gasteiger partial charge in [-0.25, -0.2) is 4.79 Å². The summed E-state index contributed by atoms with van der Waals surface area (Å²) in [5.74, 6) is 0.425. The number of rotatable bonds is 4. The summed E-state index contributed by atoms with van der Waals surface area (Å²) in [6.45, 7) is 4.05. The van der Waals surface area contributed by atoms with Gasteiger partial charge in [0.1, 0.15) is 0 Å². The van der Waals surface area contributed by atoms with Crippen molar-refractivity contribution in [3.05, 3.63) is 46.6 Å². The van der Waals surface area contributed by atoms with Crippen molar-refractivity contribution in [2.24, 2.45) is 0 Å². The Labute approximate surface area is 116 Å². The molecule has 0 spiro atoms. The van der Waals surface area contributed by atoms with Gasteiger partial charge in [0.25, 0.3) is 0 Å². The van der Waals surface area contributed by atoms with E-state index in [-0.39, 0.29) is 0 Å². The summed E-state index contributed by atoms with van der Waals surface area (Å²) in [6.07, 6.45) is 0.756. The van der Waals surface area contributed by atoms with Gasteiger partial charge in [-0.3, -0.25) is 4.90 Å². The maximum Gasteiger partial charge on any atom is 0.335 e. The largest absolute Gasteiger partial charge is 0.478 e. The second-order valence-electron chi connectivity index (χ2n) is 4.89. The SMILES string of the molecule is CCc1noc(CN2Cc3ccc(C(=O)O)cc3C2)n1. The van der Waals surface area contributed by atoms with Gasteiger partial charge in [-0.05, 0) is 23.3 Å². The van der Waals surface area contributed by atoms with Crippen LogP contribution in [0.2, 0.25) is 0 Å². The van der Waals surface area contributed by atoms with Crippen molar-refractivity contribution in [1.29, 1.82) is 0 Å². The molecule has 2 heterocycles. The minimum absolute atomic E-state index is 0.330. The van der Waals surface area contributed by atoms with E-state index in [1.807, 2.05) is 13.0 Å². The van der Waals surface area contributed by atoms with Crippen LogP contribution in [0.15, 0.2) is 22.7 Å². The first-order valence-corrected chi connectivity index (χ1v) is 6.54. The topological polar surface area (TPSA) is 79.5 Å². The van der Waals surface area contributed by atoms with Gasteiger partial charge in [0.2, 0.25) is 5.89 Å². The number of aromatic carboxylic acids is 1. The molecule has 0 amide bonds. The number of carboxylic acids is 1. The van der Waals surface area contributed by atoms with E-state index in [0.717, 1.165) is 24.1 Å². The van der Waals surface area contributed by atoms with Crippen LogP contribution in [0.5, 0.6) is 0 Å². The standard InChI is InChI=1S/C14H15N3O3/c1-2-12-15-13(20-16-12)8-17-6-10-4-3-9(14(18)19)5-11(10)7-17/h3-5H,2,6-8H2,1H3,(H,18,19). The first kappa shape index (κ1) is 12.8. The molecule has 0 unspecified atom stereocenters. The molecule has 2 aromatic rings. The van der Waals surface area contributed by atoms with Crippen molar-refractivity contribution in [2.45, 2.75) is 33.0 Å². The molecule has 0 fully saturated rings. The van der Waals surface area contributed by atoms with Crippen molar-refractivity contribution < 1.29 is 14.4 Å². The normalized spacial score (nSPS) is 14.4. The van der Waals surface area contributed by atoms with Crippen molar-refractivity contribution in [3.8, 4) is 0 Å². The summed E-state index contributed by atoms with van der Waals surface area (Å²) in [4.78, 5) is 17.4. The lowest BCUT2D eigenvalue weighted by Crippen LogP contribution is -2.15. The van der Waals surface area contributed by atoms with Crippen LogP contribution in [0.1, 0.15) is 40.1 Å². The monoisotopic (exact) mass is 273 g/mol. The Balaban J connectivity index is 1.72. The summed E-state index contributed by atoms with van der Waals surface area (Å²) in [5, 5.41) is 12.9. The van der Waals surface area contributed by atoms with Crippen LogP contribution in [-0.2, 0) is 26.1 Å². The third kappa shape index (κ3) is 2.42. The third-order valence-corrected chi connectivity index (χ3v) is 3.43. The van der Waals surface area contributed by atoms with Crippen molar-refractivity contribution >= 4 is 5.97 Å². The molecule has 1 aliphatic heterocycles. The molecular formula is C14H15N3O3. The summed E-state index contributed by atoms with van der Waals surface area (Å²) < 4.78 is 5.18. The van der Waals surface area contributed by atoms with E-state index in [1.54, 1.807) is 12.1 Å². The molecule has 1 aromatic carbocycles. The predicted molar refractivity (Wildman–Crippen MR) is 70.0 cm³/mol. The Kier molecular flexibility index (Phi) is 3.23. The smallest absolute Gasteiger partial charge is 0.335 e. The highest BCUT2D eigenvalue weighted by Crippen LogP contribution is 2.25. The first-order valence-electron chi connectivity index (χ1n) is 6.54. The maximum absolute atomic E-state index is 11.0. The number of nitrogens with zero attached hydrogens (tertiary/aromatic N) is 3. The highest BCUT2D eigenvalue weighted by atomic mass is 16.5. The van der Waals surface area contributed by atoms with Gasteiger partial charge in [0.05, 0.1) is 12.1 Å². The van der Waals surface area contributed by atoms with Gasteiger partial charge in [-0.15, -0.1) is 0 Å². The lowest BCUT2D eigenvalue weighted by Gasteiger charge is -2.10. The van der Waals surface area contributed by atoms with Crippen LogP contribution in [-0.4, -0.2) is 26.1 Å². The second-order valence-corrected chi connectivity index (χ2v) is 4.89. The van der Waals surface area contributed by atoms with E-state index in [0.29, 0.717) is 30.4 Å². The Morgan fingerprint density at radius 3 is 2.90 bits per heavy atom. The van der Waals surface area contributed by atoms with E-state index in [1.165, 1.54) is 0 Å². The average Bonchev–Trinajstić information content (AvgIpc) is 3.03. The minimum Gasteiger partial charge on any atom is -0.478 e. The molecule has 0 aliphatic carbocycles. The number of fused-ring (bicyclic) bond motifs is 1. The Bertz CT molecular complexity index is 651. The quantitative estimate of drug-likeness (QED) is 0.915. The molecular weight excluding hydrogens is 258 g/mol. The highest BCUT2D eigenvalue weighted by molar-refractivity contribution is 5.87. The molecule has 1 aliphatic rings. The van der Waals surface area contributed by atoms with Crippen LogP contribution in [0.3, 0.4) is 0 Å². The van der Waals surface area contributed by atoms with E-state index in [9.17, 15) is 4.79 Å². The molecule has 0 saturated heterocycles. The Hall–Kier alpha value is -2.21. The third-order valence-electron chi connectivity index (χ3n) is 3.43. The number of carboxylic acid groups (broad SMARTS) is 1. The summed E-state index contributed by atoms with van der Waals surface area (Å²) in [5.41, 5.74) is 2.54. The molecule has 3 rings (SSSR count). The molecule has 0 radical (unpaired) electrons. The fourth-order valence-corrected chi connectivity index (χ4v) is 2.40. The van der Waals surface area contributed by atoms with Gasteiger partial charge in [-0.1, -0.05) is 18.1 Å². The molecule has 0 atom stereocenters. The van der Waals surface area contributed by atoms with Crippen LogP contribution < -0.4 is 0 Å². The molecule has 20 heavy (non-hydrogen) atoms. The average molecular weight is 273 g/mol. The zero-order valence-corrected chi connectivity index (χ0v) is 11.2. The second kappa shape index (κ2) is 5.05. The summed E-state index contributed by atoms with van der Waals surface area (Å²) in [7, 11) is 0. The fourth-order valence-electron chi connectivity index (χ4n) is 2.40. The summed E-state index contributed by atoms with van der Waals surface area (Å²) >= 11 is 0. The lowest BCUT2D eigenvalue weighted by molar-refractivity contribution is 0.0696. The highest BCUT2D eigenvalue weighted by Gasteiger charge is 2.22. The number of benzene rings is 1. The molecule has 1 N–H and O–H groups in total. The predicted octanol–water partition coefficient (Wildman–Crippen LogP) is 1.85. The van der Waals surface area contributed by atoms with Gasteiger partial charge in [-0.2, -0.15) is 4.98 Å². The zero-order chi connectivity index (χ0) is 14.1. The van der Waals surface area contributed by atoms with E-state index in [4.69, 9.17) is 9.63 Å². The molecule has 1 aromatic heterocycles. The van der Waals surface area contributed by atoms with Gasteiger partial charge < -0.3 is 9.63 Å². The Morgan fingerprint density at radius 2 is 2.20 bits per heavy atom. The minimum atomic E-state index is -0.893. The lowest BCUT2D eigenvalue weighted by atomic mass is 10.1. The molecule has 104 valence electrons. The summed E-state index contributed by atoms with van der Waals surface area (Å²) in [6, 6.07) is 5.26. The molecule has 0 bridgehead atoms. The molecule has 6 heteroatoms. The first-order chi connectivity index (χ1) is 9.65. The molecule has 0 saturated carbocycles. The number of carbonyl (C=O) groups is 1. The maximum atomic E-state index is 11.0. The van der Waals surface area contributed by atoms with Crippen molar-refractivity contribution in [2.75, 3.05) is 0 Å². The van der Waals surface area contributed by atoms with Crippen molar-refractivity contribution in [1.82, 2.24) is 15.0 Å².